The maximum absolute atomic E-state index is 11.8. The Bertz CT molecular complexity index is 303. The topological polar surface area (TPSA) is 52.6 Å². The van der Waals surface area contributed by atoms with Crippen molar-refractivity contribution in [1.82, 2.24) is 0 Å². The number of hydrogen-bond donors (Lipinski definition) is 0. The smallest absolute Gasteiger partial charge is 0.306 e. The first-order chi connectivity index (χ1) is 10.7. The van der Waals surface area contributed by atoms with Crippen LogP contribution in [0.25, 0.3) is 0 Å². The molecule has 0 spiro atoms. The molecule has 0 aromatic carbocycles. The molecule has 0 saturated heterocycles. The van der Waals surface area contributed by atoms with E-state index in [2.05, 4.69) is 0 Å². The predicted octanol–water partition coefficient (Wildman–Crippen LogP) is 4.30. The predicted molar refractivity (Wildman–Crippen MR) is 84.4 cm³/mol. The van der Waals surface area contributed by atoms with Crippen molar-refractivity contribution in [3.63, 3.8) is 0 Å². The third-order valence-corrected chi connectivity index (χ3v) is 4.73. The van der Waals surface area contributed by atoms with Crippen LogP contribution in [0.2, 0.25) is 0 Å². The van der Waals surface area contributed by atoms with Gasteiger partial charge in [0.15, 0.2) is 0 Å². The fourth-order valence-corrected chi connectivity index (χ4v) is 3.41. The van der Waals surface area contributed by atoms with Crippen LogP contribution in [0.1, 0.15) is 89.9 Å². The molecule has 0 heterocycles. The van der Waals surface area contributed by atoms with Gasteiger partial charge in [0.1, 0.15) is 12.2 Å². The Morgan fingerprint density at radius 3 is 1.23 bits per heavy atom. The van der Waals surface area contributed by atoms with Gasteiger partial charge in [0.2, 0.25) is 0 Å². The highest BCUT2D eigenvalue weighted by Crippen LogP contribution is 2.22. The zero-order valence-electron chi connectivity index (χ0n) is 13.7. The summed E-state index contributed by atoms with van der Waals surface area (Å²) in [6.45, 7) is 0. The molecule has 0 N–H and O–H groups in total. The van der Waals surface area contributed by atoms with Crippen molar-refractivity contribution in [3.05, 3.63) is 0 Å². The molecule has 2 rings (SSSR count). The fraction of sp³-hybridized carbons (Fsp3) is 0.889. The maximum Gasteiger partial charge on any atom is 0.306 e. The lowest BCUT2D eigenvalue weighted by molar-refractivity contribution is -0.156. The van der Waals surface area contributed by atoms with Gasteiger partial charge in [0.25, 0.3) is 0 Å². The van der Waals surface area contributed by atoms with E-state index < -0.39 is 0 Å². The highest BCUT2D eigenvalue weighted by molar-refractivity contribution is 5.77. The normalized spacial score (nSPS) is 21.6. The summed E-state index contributed by atoms with van der Waals surface area (Å²) in [5.74, 6) is -0.491. The Labute approximate surface area is 133 Å². The first-order valence-corrected chi connectivity index (χ1v) is 9.13. The van der Waals surface area contributed by atoms with Crippen LogP contribution in [0, 0.1) is 0 Å². The van der Waals surface area contributed by atoms with Crippen molar-refractivity contribution in [1.29, 1.82) is 0 Å². The number of carbonyl (C=O) groups excluding carboxylic acids is 2. The van der Waals surface area contributed by atoms with Gasteiger partial charge in [0.05, 0.1) is 12.8 Å². The van der Waals surface area contributed by atoms with Crippen LogP contribution in [0.3, 0.4) is 0 Å². The Morgan fingerprint density at radius 1 is 0.591 bits per heavy atom. The largest absolute Gasteiger partial charge is 0.462 e. The van der Waals surface area contributed by atoms with Gasteiger partial charge >= 0.3 is 11.9 Å². The van der Waals surface area contributed by atoms with Crippen molar-refractivity contribution < 1.29 is 19.1 Å². The average molecular weight is 310 g/mol. The monoisotopic (exact) mass is 310 g/mol. The lowest BCUT2D eigenvalue weighted by Crippen LogP contribution is -2.21. The van der Waals surface area contributed by atoms with E-state index in [9.17, 15) is 9.59 Å². The molecule has 0 aliphatic heterocycles. The van der Waals surface area contributed by atoms with E-state index >= 15 is 0 Å². The molecule has 0 amide bonds. The molecule has 4 nitrogen and oxygen atoms in total. The van der Waals surface area contributed by atoms with E-state index in [0.717, 1.165) is 51.4 Å². The van der Waals surface area contributed by atoms with Crippen molar-refractivity contribution in [2.45, 2.75) is 102 Å². The maximum atomic E-state index is 11.8. The van der Waals surface area contributed by atoms with E-state index in [1.165, 1.54) is 25.7 Å². The first kappa shape index (κ1) is 17.3. The van der Waals surface area contributed by atoms with Gasteiger partial charge in [0, 0.05) is 0 Å². The first-order valence-electron chi connectivity index (χ1n) is 9.13. The van der Waals surface area contributed by atoms with Crippen molar-refractivity contribution in [2.24, 2.45) is 0 Å². The molecule has 0 radical (unpaired) electrons. The van der Waals surface area contributed by atoms with Crippen LogP contribution >= 0.6 is 0 Å². The van der Waals surface area contributed by atoms with Gasteiger partial charge in [-0.05, 0) is 51.4 Å². The third kappa shape index (κ3) is 6.80. The van der Waals surface area contributed by atoms with Crippen LogP contribution in [-0.4, -0.2) is 24.1 Å². The Hall–Kier alpha value is -1.06. The number of ether oxygens (including phenoxy) is 2. The summed E-state index contributed by atoms with van der Waals surface area (Å²) in [4.78, 5) is 23.7. The summed E-state index contributed by atoms with van der Waals surface area (Å²) in [5.41, 5.74) is 0. The summed E-state index contributed by atoms with van der Waals surface area (Å²) in [6, 6.07) is 0. The Kier molecular flexibility index (Phi) is 7.75. The Morgan fingerprint density at radius 2 is 0.909 bits per heavy atom. The summed E-state index contributed by atoms with van der Waals surface area (Å²) < 4.78 is 11.0. The fourth-order valence-electron chi connectivity index (χ4n) is 3.41. The standard InChI is InChI=1S/C18H30O4/c19-17(21-15-9-5-1-2-6-10-15)13-14-18(20)22-16-11-7-3-4-8-12-16/h15-16H,1-14H2. The molecule has 2 fully saturated rings. The molecular weight excluding hydrogens is 280 g/mol. The van der Waals surface area contributed by atoms with Crippen molar-refractivity contribution in [3.8, 4) is 0 Å². The quantitative estimate of drug-likeness (QED) is 0.561. The highest BCUT2D eigenvalue weighted by atomic mass is 16.5. The second-order valence-corrected chi connectivity index (χ2v) is 6.71. The van der Waals surface area contributed by atoms with Crippen LogP contribution in [0.5, 0.6) is 0 Å². The summed E-state index contributed by atoms with van der Waals surface area (Å²) in [6.07, 6.45) is 13.8. The Balaban J connectivity index is 1.61. The van der Waals surface area contributed by atoms with E-state index in [0.29, 0.717) is 0 Å². The molecule has 2 saturated carbocycles. The SMILES string of the molecule is O=C(CCC(=O)OC1CCCCCC1)OC1CCCCCC1. The summed E-state index contributed by atoms with van der Waals surface area (Å²) >= 11 is 0. The van der Waals surface area contributed by atoms with Crippen molar-refractivity contribution in [2.75, 3.05) is 0 Å². The van der Waals surface area contributed by atoms with Gasteiger partial charge in [-0.1, -0.05) is 25.7 Å². The second-order valence-electron chi connectivity index (χ2n) is 6.71. The molecule has 2 aliphatic rings. The molecular formula is C18H30O4. The number of hydrogen-bond acceptors (Lipinski definition) is 4. The minimum absolute atomic E-state index is 0.0628. The van der Waals surface area contributed by atoms with E-state index in [4.69, 9.17) is 9.47 Å². The third-order valence-electron chi connectivity index (χ3n) is 4.73. The van der Waals surface area contributed by atoms with Gasteiger partial charge < -0.3 is 9.47 Å². The van der Waals surface area contributed by atoms with Crippen LogP contribution in [0.15, 0.2) is 0 Å². The minimum atomic E-state index is -0.246. The van der Waals surface area contributed by atoms with E-state index in [1.807, 2.05) is 0 Å². The zero-order chi connectivity index (χ0) is 15.6. The number of carbonyl (C=O) groups is 2. The average Bonchev–Trinajstić information content (AvgIpc) is 2.90. The van der Waals surface area contributed by atoms with Crippen molar-refractivity contribution >= 4 is 11.9 Å². The molecule has 2 aliphatic carbocycles. The zero-order valence-corrected chi connectivity index (χ0v) is 13.7. The number of esters is 2. The molecule has 126 valence electrons. The summed E-state index contributed by atoms with van der Waals surface area (Å²) in [7, 11) is 0. The van der Waals surface area contributed by atoms with Crippen LogP contribution in [-0.2, 0) is 19.1 Å². The lowest BCUT2D eigenvalue weighted by atomic mass is 10.1. The number of rotatable bonds is 5. The van der Waals surface area contributed by atoms with Gasteiger partial charge in [-0.3, -0.25) is 9.59 Å². The molecule has 0 atom stereocenters. The summed E-state index contributed by atoms with van der Waals surface area (Å²) in [5, 5.41) is 0. The highest BCUT2D eigenvalue weighted by Gasteiger charge is 2.20. The van der Waals surface area contributed by atoms with Crippen LogP contribution in [0.4, 0.5) is 0 Å². The molecule has 0 aromatic heterocycles. The minimum Gasteiger partial charge on any atom is -0.462 e. The molecule has 0 bridgehead atoms. The van der Waals surface area contributed by atoms with Gasteiger partial charge in [-0.25, -0.2) is 0 Å². The second kappa shape index (κ2) is 9.86. The molecule has 22 heavy (non-hydrogen) atoms. The van der Waals surface area contributed by atoms with Gasteiger partial charge in [-0.15, -0.1) is 0 Å². The molecule has 4 heteroatoms. The van der Waals surface area contributed by atoms with E-state index in [1.54, 1.807) is 0 Å². The lowest BCUT2D eigenvalue weighted by Gasteiger charge is -2.17. The van der Waals surface area contributed by atoms with E-state index in [-0.39, 0.29) is 37.0 Å². The molecule has 0 aromatic rings. The van der Waals surface area contributed by atoms with Crippen LogP contribution < -0.4 is 0 Å². The molecule has 0 unspecified atom stereocenters. The van der Waals surface area contributed by atoms with Gasteiger partial charge in [-0.2, -0.15) is 0 Å².